The molecule has 126 valence electrons. The van der Waals surface area contributed by atoms with Crippen LogP contribution < -0.4 is 5.76 Å². The van der Waals surface area contributed by atoms with Gasteiger partial charge in [-0.1, -0.05) is 29.3 Å². The summed E-state index contributed by atoms with van der Waals surface area (Å²) in [5, 5.41) is 0. The van der Waals surface area contributed by atoms with Gasteiger partial charge in [-0.15, -0.1) is 0 Å². The predicted molar refractivity (Wildman–Crippen MR) is 93.0 cm³/mol. The van der Waals surface area contributed by atoms with Crippen molar-refractivity contribution in [2.75, 3.05) is 0 Å². The van der Waals surface area contributed by atoms with Gasteiger partial charge < -0.3 is 4.42 Å². The third-order valence-electron chi connectivity index (χ3n) is 4.06. The molecule has 0 fully saturated rings. The average Bonchev–Trinajstić information content (AvgIpc) is 2.70. The zero-order valence-corrected chi connectivity index (χ0v) is 14.9. The molecular weight excluding hydrogens is 326 g/mol. The number of aromatic nitrogens is 1. The summed E-state index contributed by atoms with van der Waals surface area (Å²) in [5.41, 5.74) is 4.26. The molecule has 24 heavy (non-hydrogen) atoms. The van der Waals surface area contributed by atoms with Crippen LogP contribution in [0.1, 0.15) is 22.3 Å². The Morgan fingerprint density at radius 3 is 2.25 bits per heavy atom. The van der Waals surface area contributed by atoms with Gasteiger partial charge >= 0.3 is 5.76 Å². The van der Waals surface area contributed by atoms with Gasteiger partial charge in [0.1, 0.15) is 0 Å². The molecule has 1 heterocycles. The summed E-state index contributed by atoms with van der Waals surface area (Å²) in [6.45, 7) is 5.60. The molecule has 3 aromatic rings. The van der Waals surface area contributed by atoms with Crippen molar-refractivity contribution in [1.82, 2.24) is 4.57 Å². The van der Waals surface area contributed by atoms with Crippen molar-refractivity contribution < 1.29 is 12.8 Å². The summed E-state index contributed by atoms with van der Waals surface area (Å²) >= 11 is 0. The SMILES string of the molecule is Cc1cc(C)cc(CS(=O)(=O)c2cc3c(cc2C)oc(=O)n3C)c1. The Labute approximate surface area is 140 Å². The molecule has 6 heteroatoms. The van der Waals surface area contributed by atoms with Gasteiger partial charge in [0.05, 0.1) is 16.2 Å². The maximum Gasteiger partial charge on any atom is 0.419 e. The average molecular weight is 345 g/mol. The van der Waals surface area contributed by atoms with Gasteiger partial charge in [0.15, 0.2) is 15.4 Å². The van der Waals surface area contributed by atoms with Gasteiger partial charge in [-0.25, -0.2) is 13.2 Å². The van der Waals surface area contributed by atoms with Crippen molar-refractivity contribution in [3.8, 4) is 0 Å². The molecule has 0 aliphatic carbocycles. The zero-order valence-electron chi connectivity index (χ0n) is 14.1. The second kappa shape index (κ2) is 5.63. The van der Waals surface area contributed by atoms with Crippen LogP contribution in [0.25, 0.3) is 11.1 Å². The lowest BCUT2D eigenvalue weighted by Crippen LogP contribution is -2.10. The molecule has 0 saturated heterocycles. The van der Waals surface area contributed by atoms with E-state index in [4.69, 9.17) is 4.42 Å². The maximum absolute atomic E-state index is 12.9. The number of oxazole rings is 1. The summed E-state index contributed by atoms with van der Waals surface area (Å²) in [7, 11) is -1.97. The fraction of sp³-hybridized carbons (Fsp3) is 0.278. The van der Waals surface area contributed by atoms with Crippen LogP contribution in [0.5, 0.6) is 0 Å². The molecule has 3 rings (SSSR count). The first-order valence-electron chi connectivity index (χ1n) is 7.57. The topological polar surface area (TPSA) is 69.3 Å². The van der Waals surface area contributed by atoms with Gasteiger partial charge in [0, 0.05) is 7.05 Å². The highest BCUT2D eigenvalue weighted by atomic mass is 32.2. The van der Waals surface area contributed by atoms with E-state index < -0.39 is 15.6 Å². The summed E-state index contributed by atoms with van der Waals surface area (Å²) in [4.78, 5) is 11.9. The number of hydrogen-bond donors (Lipinski definition) is 0. The van der Waals surface area contributed by atoms with E-state index in [-0.39, 0.29) is 10.6 Å². The predicted octanol–water partition coefficient (Wildman–Crippen LogP) is 3.03. The molecule has 0 bridgehead atoms. The molecule has 0 N–H and O–H groups in total. The van der Waals surface area contributed by atoms with Crippen LogP contribution in [-0.4, -0.2) is 13.0 Å². The molecule has 2 aromatic carbocycles. The van der Waals surface area contributed by atoms with Crippen LogP contribution in [-0.2, 0) is 22.6 Å². The first-order valence-corrected chi connectivity index (χ1v) is 9.23. The molecule has 0 aliphatic heterocycles. The molecule has 0 unspecified atom stereocenters. The molecule has 5 nitrogen and oxygen atoms in total. The van der Waals surface area contributed by atoms with Crippen molar-refractivity contribution >= 4 is 20.9 Å². The fourth-order valence-corrected chi connectivity index (χ4v) is 4.64. The molecule has 0 amide bonds. The smallest absolute Gasteiger partial charge is 0.408 e. The highest BCUT2D eigenvalue weighted by Gasteiger charge is 2.21. The van der Waals surface area contributed by atoms with E-state index in [9.17, 15) is 13.2 Å². The molecule has 0 spiro atoms. The lowest BCUT2D eigenvalue weighted by Gasteiger charge is -2.10. The lowest BCUT2D eigenvalue weighted by atomic mass is 10.1. The van der Waals surface area contributed by atoms with E-state index in [1.807, 2.05) is 32.0 Å². The van der Waals surface area contributed by atoms with E-state index in [1.54, 1.807) is 20.0 Å². The summed E-state index contributed by atoms with van der Waals surface area (Å²) in [6.07, 6.45) is 0. The number of nitrogens with zero attached hydrogens (tertiary/aromatic N) is 1. The minimum Gasteiger partial charge on any atom is -0.408 e. The number of benzene rings is 2. The van der Waals surface area contributed by atoms with Gasteiger partial charge in [-0.2, -0.15) is 0 Å². The van der Waals surface area contributed by atoms with Gasteiger partial charge in [-0.05, 0) is 44.0 Å². The maximum atomic E-state index is 12.9. The van der Waals surface area contributed by atoms with Gasteiger partial charge in [0.2, 0.25) is 0 Å². The van der Waals surface area contributed by atoms with Gasteiger partial charge in [0.25, 0.3) is 0 Å². The second-order valence-electron chi connectivity index (χ2n) is 6.27. The van der Waals surface area contributed by atoms with E-state index in [1.165, 1.54) is 10.6 Å². The monoisotopic (exact) mass is 345 g/mol. The minimum atomic E-state index is -3.53. The van der Waals surface area contributed by atoms with Gasteiger partial charge in [-0.3, -0.25) is 4.57 Å². The third kappa shape index (κ3) is 2.89. The fourth-order valence-electron chi connectivity index (χ4n) is 3.04. The van der Waals surface area contributed by atoms with Crippen LogP contribution in [0.2, 0.25) is 0 Å². The van der Waals surface area contributed by atoms with Crippen molar-refractivity contribution in [1.29, 1.82) is 0 Å². The Hall–Kier alpha value is -2.34. The molecule has 1 aromatic heterocycles. The number of rotatable bonds is 3. The summed E-state index contributed by atoms with van der Waals surface area (Å²) in [6, 6.07) is 8.89. The van der Waals surface area contributed by atoms with E-state index >= 15 is 0 Å². The summed E-state index contributed by atoms with van der Waals surface area (Å²) in [5.74, 6) is -0.582. The Kier molecular flexibility index (Phi) is 3.87. The minimum absolute atomic E-state index is 0.0757. The van der Waals surface area contributed by atoms with Crippen molar-refractivity contribution in [2.24, 2.45) is 7.05 Å². The highest BCUT2D eigenvalue weighted by molar-refractivity contribution is 7.90. The Morgan fingerprint density at radius 1 is 1.00 bits per heavy atom. The second-order valence-corrected chi connectivity index (χ2v) is 8.23. The van der Waals surface area contributed by atoms with Crippen LogP contribution in [0, 0.1) is 20.8 Å². The molecule has 0 saturated carbocycles. The molecule has 0 radical (unpaired) electrons. The number of sulfone groups is 1. The largest absolute Gasteiger partial charge is 0.419 e. The van der Waals surface area contributed by atoms with Crippen LogP contribution >= 0.6 is 0 Å². The normalized spacial score (nSPS) is 12.0. The number of hydrogen-bond acceptors (Lipinski definition) is 4. The summed E-state index contributed by atoms with van der Waals surface area (Å²) < 4.78 is 32.2. The molecule has 0 aliphatic rings. The Morgan fingerprint density at radius 2 is 1.62 bits per heavy atom. The highest BCUT2D eigenvalue weighted by Crippen LogP contribution is 2.26. The van der Waals surface area contributed by atoms with Crippen LogP contribution in [0.4, 0.5) is 0 Å². The lowest BCUT2D eigenvalue weighted by molar-refractivity contribution is 0.528. The van der Waals surface area contributed by atoms with Crippen LogP contribution in [0.3, 0.4) is 0 Å². The standard InChI is InChI=1S/C18H19NO4S/c1-11-5-12(2)7-14(6-11)10-24(21,22)17-9-15-16(8-13(17)3)23-18(20)19(15)4/h5-9H,10H2,1-4H3. The molecule has 0 atom stereocenters. The van der Waals surface area contributed by atoms with E-state index in [2.05, 4.69) is 0 Å². The molecular formula is C18H19NO4S. The van der Waals surface area contributed by atoms with Crippen molar-refractivity contribution in [3.63, 3.8) is 0 Å². The third-order valence-corrected chi connectivity index (χ3v) is 5.89. The van der Waals surface area contributed by atoms with E-state index in [0.29, 0.717) is 16.7 Å². The van der Waals surface area contributed by atoms with Crippen molar-refractivity contribution in [2.45, 2.75) is 31.4 Å². The zero-order chi connectivity index (χ0) is 17.6. The quantitative estimate of drug-likeness (QED) is 0.732. The Bertz CT molecular complexity index is 1080. The van der Waals surface area contributed by atoms with Crippen LogP contribution in [0.15, 0.2) is 44.4 Å². The van der Waals surface area contributed by atoms with E-state index in [0.717, 1.165) is 16.7 Å². The first kappa shape index (κ1) is 16.5. The Balaban J connectivity index is 2.12. The number of aryl methyl sites for hydroxylation is 4. The number of fused-ring (bicyclic) bond motifs is 1. The van der Waals surface area contributed by atoms with Crippen molar-refractivity contribution in [3.05, 3.63) is 63.1 Å². The first-order chi connectivity index (χ1) is 11.2.